The Morgan fingerprint density at radius 2 is 1.80 bits per heavy atom. The van der Waals surface area contributed by atoms with E-state index >= 15 is 0 Å². The van der Waals surface area contributed by atoms with E-state index in [1.54, 1.807) is 6.20 Å². The van der Waals surface area contributed by atoms with E-state index < -0.39 is 0 Å². The van der Waals surface area contributed by atoms with Crippen molar-refractivity contribution >= 4 is 16.6 Å². The molecule has 0 saturated heterocycles. The lowest BCUT2D eigenvalue weighted by molar-refractivity contribution is 0.103. The van der Waals surface area contributed by atoms with Gasteiger partial charge in [-0.05, 0) is 36.9 Å². The molecule has 0 atom stereocenters. The van der Waals surface area contributed by atoms with Gasteiger partial charge >= 0.3 is 0 Å². The average molecular weight is 261 g/mol. The van der Waals surface area contributed by atoms with E-state index in [0.29, 0.717) is 5.69 Å². The van der Waals surface area contributed by atoms with Gasteiger partial charge in [0.05, 0.1) is 0 Å². The van der Waals surface area contributed by atoms with Crippen LogP contribution in [0.4, 0.5) is 0 Å². The molecule has 2 aromatic carbocycles. The van der Waals surface area contributed by atoms with Crippen molar-refractivity contribution in [2.45, 2.75) is 13.8 Å². The lowest BCUT2D eigenvalue weighted by Gasteiger charge is -2.08. The lowest BCUT2D eigenvalue weighted by atomic mass is 9.97. The number of hydrogen-bond acceptors (Lipinski definition) is 2. The molecule has 1 aromatic heterocycles. The Balaban J connectivity index is 2.20. The van der Waals surface area contributed by atoms with E-state index in [1.807, 2.05) is 62.4 Å². The van der Waals surface area contributed by atoms with Gasteiger partial charge in [0.2, 0.25) is 5.78 Å². The zero-order valence-electron chi connectivity index (χ0n) is 11.6. The first-order valence-electron chi connectivity index (χ1n) is 6.62. The van der Waals surface area contributed by atoms with Gasteiger partial charge in [-0.25, -0.2) is 0 Å². The maximum Gasteiger partial charge on any atom is 0.212 e. The number of ketones is 1. The summed E-state index contributed by atoms with van der Waals surface area (Å²) in [6.45, 7) is 3.95. The number of aryl methyl sites for hydroxylation is 2. The normalized spacial score (nSPS) is 10.7. The van der Waals surface area contributed by atoms with Crippen LogP contribution in [0, 0.1) is 13.8 Å². The van der Waals surface area contributed by atoms with Crippen LogP contribution in [0.1, 0.15) is 27.2 Å². The van der Waals surface area contributed by atoms with Crippen molar-refractivity contribution in [1.29, 1.82) is 0 Å². The fraction of sp³-hybridized carbons (Fsp3) is 0.111. The van der Waals surface area contributed by atoms with Crippen LogP contribution in [0.3, 0.4) is 0 Å². The number of hydrogen-bond donors (Lipinski definition) is 0. The summed E-state index contributed by atoms with van der Waals surface area (Å²) in [6.07, 6.45) is 1.70. The Hall–Kier alpha value is -2.48. The molecule has 0 saturated carbocycles. The van der Waals surface area contributed by atoms with E-state index in [2.05, 4.69) is 4.98 Å². The molecule has 3 aromatic rings. The molecule has 0 aliphatic carbocycles. The van der Waals surface area contributed by atoms with Crippen molar-refractivity contribution in [3.05, 3.63) is 77.1 Å². The molecule has 0 aliphatic heterocycles. The summed E-state index contributed by atoms with van der Waals surface area (Å²) in [5.41, 5.74) is 3.32. The molecule has 3 rings (SSSR count). The first kappa shape index (κ1) is 12.5. The van der Waals surface area contributed by atoms with Crippen LogP contribution in [0.25, 0.3) is 10.8 Å². The van der Waals surface area contributed by atoms with Gasteiger partial charge in [0.15, 0.2) is 0 Å². The van der Waals surface area contributed by atoms with E-state index in [-0.39, 0.29) is 5.78 Å². The molecular weight excluding hydrogens is 246 g/mol. The quantitative estimate of drug-likeness (QED) is 0.650. The molecule has 0 fully saturated rings. The van der Waals surface area contributed by atoms with Gasteiger partial charge in [0, 0.05) is 17.1 Å². The fourth-order valence-electron chi connectivity index (χ4n) is 2.41. The zero-order valence-corrected chi connectivity index (χ0v) is 11.6. The molecule has 0 radical (unpaired) electrons. The lowest BCUT2D eigenvalue weighted by Crippen LogP contribution is -2.07. The molecular formula is C18H15NO. The third-order valence-electron chi connectivity index (χ3n) is 3.53. The number of pyridine rings is 1. The Bertz CT molecular complexity index is 800. The van der Waals surface area contributed by atoms with Gasteiger partial charge in [-0.15, -0.1) is 0 Å². The van der Waals surface area contributed by atoms with Gasteiger partial charge in [-0.1, -0.05) is 42.0 Å². The largest absolute Gasteiger partial charge is 0.287 e. The predicted molar refractivity (Wildman–Crippen MR) is 81.1 cm³/mol. The predicted octanol–water partition coefficient (Wildman–Crippen LogP) is 4.08. The molecule has 1 heterocycles. The first-order valence-corrected chi connectivity index (χ1v) is 6.62. The van der Waals surface area contributed by atoms with E-state index in [1.165, 1.54) is 0 Å². The van der Waals surface area contributed by atoms with Crippen LogP contribution < -0.4 is 0 Å². The molecule has 2 heteroatoms. The third kappa shape index (κ3) is 2.10. The van der Waals surface area contributed by atoms with E-state index in [4.69, 9.17) is 0 Å². The molecule has 0 bridgehead atoms. The van der Waals surface area contributed by atoms with Crippen molar-refractivity contribution in [1.82, 2.24) is 4.98 Å². The van der Waals surface area contributed by atoms with E-state index in [0.717, 1.165) is 27.5 Å². The molecule has 0 unspecified atom stereocenters. The summed E-state index contributed by atoms with van der Waals surface area (Å²) in [5, 5.41) is 1.94. The second kappa shape index (κ2) is 4.89. The molecule has 20 heavy (non-hydrogen) atoms. The highest BCUT2D eigenvalue weighted by Gasteiger charge is 2.15. The minimum absolute atomic E-state index is 0.0111. The van der Waals surface area contributed by atoms with Crippen LogP contribution in [0.2, 0.25) is 0 Å². The standard InChI is InChI=1S/C18H15NO/c1-12-7-8-13(2)16(11-12)18(20)17-15-6-4-3-5-14(15)9-10-19-17/h3-11H,1-2H3. The highest BCUT2D eigenvalue weighted by Crippen LogP contribution is 2.21. The van der Waals surface area contributed by atoms with Crippen molar-refractivity contribution in [2.24, 2.45) is 0 Å². The summed E-state index contributed by atoms with van der Waals surface area (Å²) in [7, 11) is 0. The Labute approximate surface area is 118 Å². The molecule has 0 amide bonds. The Morgan fingerprint density at radius 1 is 1.00 bits per heavy atom. The highest BCUT2D eigenvalue weighted by molar-refractivity contribution is 6.15. The maximum atomic E-state index is 12.8. The number of carbonyl (C=O) groups excluding carboxylic acids is 1. The third-order valence-corrected chi connectivity index (χ3v) is 3.53. The zero-order chi connectivity index (χ0) is 14.1. The summed E-state index contributed by atoms with van der Waals surface area (Å²) >= 11 is 0. The maximum absolute atomic E-state index is 12.8. The summed E-state index contributed by atoms with van der Waals surface area (Å²) in [6, 6.07) is 15.7. The van der Waals surface area contributed by atoms with Crippen LogP contribution in [-0.4, -0.2) is 10.8 Å². The van der Waals surface area contributed by atoms with E-state index in [9.17, 15) is 4.79 Å². The van der Waals surface area contributed by atoms with Gasteiger partial charge in [-0.3, -0.25) is 9.78 Å². The van der Waals surface area contributed by atoms with Gasteiger partial charge in [0.25, 0.3) is 0 Å². The summed E-state index contributed by atoms with van der Waals surface area (Å²) in [5.74, 6) is -0.0111. The molecule has 2 nitrogen and oxygen atoms in total. The first-order chi connectivity index (χ1) is 9.66. The number of carbonyl (C=O) groups is 1. The topological polar surface area (TPSA) is 30.0 Å². The SMILES string of the molecule is Cc1ccc(C)c(C(=O)c2nccc3ccccc23)c1. The summed E-state index contributed by atoms with van der Waals surface area (Å²) < 4.78 is 0. The smallest absolute Gasteiger partial charge is 0.212 e. The molecule has 0 spiro atoms. The summed E-state index contributed by atoms with van der Waals surface area (Å²) in [4.78, 5) is 17.1. The van der Waals surface area contributed by atoms with Crippen molar-refractivity contribution < 1.29 is 4.79 Å². The van der Waals surface area contributed by atoms with Crippen molar-refractivity contribution in [3.8, 4) is 0 Å². The molecule has 0 N–H and O–H groups in total. The highest BCUT2D eigenvalue weighted by atomic mass is 16.1. The monoisotopic (exact) mass is 261 g/mol. The van der Waals surface area contributed by atoms with Crippen LogP contribution in [0.5, 0.6) is 0 Å². The second-order valence-corrected chi connectivity index (χ2v) is 5.03. The Kier molecular flexibility index (Phi) is 3.07. The van der Waals surface area contributed by atoms with Crippen molar-refractivity contribution in [3.63, 3.8) is 0 Å². The van der Waals surface area contributed by atoms with Crippen LogP contribution in [-0.2, 0) is 0 Å². The number of rotatable bonds is 2. The number of aromatic nitrogens is 1. The van der Waals surface area contributed by atoms with Gasteiger partial charge in [0.1, 0.15) is 5.69 Å². The van der Waals surface area contributed by atoms with Crippen LogP contribution >= 0.6 is 0 Å². The van der Waals surface area contributed by atoms with Crippen molar-refractivity contribution in [2.75, 3.05) is 0 Å². The minimum Gasteiger partial charge on any atom is -0.287 e. The fourth-order valence-corrected chi connectivity index (χ4v) is 2.41. The molecule has 98 valence electrons. The average Bonchev–Trinajstić information content (AvgIpc) is 2.48. The molecule has 0 aliphatic rings. The number of nitrogens with zero attached hydrogens (tertiary/aromatic N) is 1. The van der Waals surface area contributed by atoms with Gasteiger partial charge < -0.3 is 0 Å². The Morgan fingerprint density at radius 3 is 2.65 bits per heavy atom. The van der Waals surface area contributed by atoms with Crippen LogP contribution in [0.15, 0.2) is 54.7 Å². The van der Waals surface area contributed by atoms with Gasteiger partial charge in [-0.2, -0.15) is 0 Å². The second-order valence-electron chi connectivity index (χ2n) is 5.03. The minimum atomic E-state index is -0.0111. The number of benzene rings is 2. The number of fused-ring (bicyclic) bond motifs is 1.